The first-order valence-corrected chi connectivity index (χ1v) is 5.99. The lowest BCUT2D eigenvalue weighted by Gasteiger charge is -2.31. The molecule has 0 aliphatic carbocycles. The fourth-order valence-electron chi connectivity index (χ4n) is 1.77. The third kappa shape index (κ3) is 3.25. The normalized spacial score (nSPS) is 17.8. The molecule has 1 fully saturated rings. The van der Waals surface area contributed by atoms with E-state index in [4.69, 9.17) is 9.47 Å². The van der Waals surface area contributed by atoms with Crippen LogP contribution in [0.25, 0.3) is 0 Å². The Balaban J connectivity index is 2.05. The van der Waals surface area contributed by atoms with Crippen molar-refractivity contribution >= 4 is 0 Å². The molecular formula is C13H18FNO2. The van der Waals surface area contributed by atoms with E-state index in [2.05, 4.69) is 5.32 Å². The Morgan fingerprint density at radius 2 is 2.24 bits per heavy atom. The molecule has 94 valence electrons. The van der Waals surface area contributed by atoms with Crippen LogP contribution in [0.5, 0.6) is 0 Å². The number of benzene rings is 1. The molecule has 4 heteroatoms. The highest BCUT2D eigenvalue weighted by Crippen LogP contribution is 2.23. The van der Waals surface area contributed by atoms with Crippen LogP contribution in [-0.4, -0.2) is 32.4 Å². The van der Waals surface area contributed by atoms with Gasteiger partial charge in [-0.25, -0.2) is 4.39 Å². The molecule has 1 heterocycles. The first kappa shape index (κ1) is 12.5. The minimum atomic E-state index is -0.245. The minimum Gasteiger partial charge on any atom is -0.376 e. The predicted octanol–water partition coefficient (Wildman–Crippen LogP) is 1.89. The van der Waals surface area contributed by atoms with Crippen LogP contribution in [-0.2, 0) is 9.47 Å². The van der Waals surface area contributed by atoms with Crippen molar-refractivity contribution in [2.75, 3.05) is 26.3 Å². The van der Waals surface area contributed by atoms with Gasteiger partial charge >= 0.3 is 0 Å². The summed E-state index contributed by atoms with van der Waals surface area (Å²) < 4.78 is 24.6. The van der Waals surface area contributed by atoms with E-state index in [9.17, 15) is 4.39 Å². The highest BCUT2D eigenvalue weighted by atomic mass is 19.1. The van der Waals surface area contributed by atoms with Crippen molar-refractivity contribution in [1.82, 2.24) is 5.32 Å². The highest BCUT2D eigenvalue weighted by molar-refractivity contribution is 5.20. The van der Waals surface area contributed by atoms with Crippen molar-refractivity contribution in [3.63, 3.8) is 0 Å². The summed E-state index contributed by atoms with van der Waals surface area (Å²) in [6.45, 7) is 4.70. The Morgan fingerprint density at radius 1 is 1.47 bits per heavy atom. The van der Waals surface area contributed by atoms with Crippen molar-refractivity contribution in [3.05, 3.63) is 35.6 Å². The van der Waals surface area contributed by atoms with E-state index in [0.29, 0.717) is 25.3 Å². The van der Waals surface area contributed by atoms with Crippen LogP contribution in [0.4, 0.5) is 4.39 Å². The molecule has 1 aliphatic rings. The summed E-state index contributed by atoms with van der Waals surface area (Å²) in [4.78, 5) is 0. The smallest absolute Gasteiger partial charge is 0.129 e. The van der Waals surface area contributed by atoms with E-state index in [-0.39, 0.29) is 18.0 Å². The average Bonchev–Trinajstić information content (AvgIpc) is 2.28. The molecule has 3 nitrogen and oxygen atoms in total. The van der Waals surface area contributed by atoms with E-state index in [1.807, 2.05) is 13.0 Å². The predicted molar refractivity (Wildman–Crippen MR) is 63.4 cm³/mol. The second-order valence-electron chi connectivity index (χ2n) is 4.11. The Bertz CT molecular complexity index is 355. The number of hydrogen-bond acceptors (Lipinski definition) is 3. The molecule has 0 amide bonds. The Kier molecular flexibility index (Phi) is 4.48. The van der Waals surface area contributed by atoms with Gasteiger partial charge in [-0.2, -0.15) is 0 Å². The Hall–Kier alpha value is -0.970. The van der Waals surface area contributed by atoms with Crippen LogP contribution in [0.15, 0.2) is 24.3 Å². The third-order valence-corrected chi connectivity index (χ3v) is 2.80. The number of hydrogen-bond donors (Lipinski definition) is 1. The molecule has 1 aromatic rings. The fourth-order valence-corrected chi connectivity index (χ4v) is 1.77. The summed E-state index contributed by atoms with van der Waals surface area (Å²) in [7, 11) is 0. The van der Waals surface area contributed by atoms with Crippen LogP contribution in [0, 0.1) is 5.82 Å². The molecule has 2 rings (SSSR count). The molecule has 1 saturated heterocycles. The molecule has 0 radical (unpaired) electrons. The lowest BCUT2D eigenvalue weighted by Crippen LogP contribution is -2.39. The van der Waals surface area contributed by atoms with Gasteiger partial charge in [-0.3, -0.25) is 0 Å². The molecule has 17 heavy (non-hydrogen) atoms. The summed E-state index contributed by atoms with van der Waals surface area (Å²) in [5.74, 6) is -0.212. The maximum Gasteiger partial charge on any atom is 0.129 e. The number of rotatable bonds is 6. The van der Waals surface area contributed by atoms with Crippen LogP contribution in [0.2, 0.25) is 0 Å². The van der Waals surface area contributed by atoms with Gasteiger partial charge in [-0.05, 0) is 12.6 Å². The molecule has 1 unspecified atom stereocenters. The molecule has 1 aliphatic heterocycles. The molecule has 0 aromatic heterocycles. The van der Waals surface area contributed by atoms with Crippen molar-refractivity contribution < 1.29 is 13.9 Å². The molecule has 0 spiro atoms. The van der Waals surface area contributed by atoms with Crippen LogP contribution < -0.4 is 5.32 Å². The summed E-state index contributed by atoms with van der Waals surface area (Å²) in [5.41, 5.74) is 0.611. The van der Waals surface area contributed by atoms with Gasteiger partial charge in [0.1, 0.15) is 11.9 Å². The Labute approximate surface area is 101 Å². The molecule has 1 N–H and O–H groups in total. The number of halogens is 1. The lowest BCUT2D eigenvalue weighted by molar-refractivity contribution is -0.155. The summed E-state index contributed by atoms with van der Waals surface area (Å²) in [6, 6.07) is 6.76. The molecule has 1 atom stereocenters. The maximum atomic E-state index is 13.7. The SMILES string of the molecule is CCNCC(OC1COC1)c1ccccc1F. The van der Waals surface area contributed by atoms with E-state index < -0.39 is 0 Å². The van der Waals surface area contributed by atoms with Gasteiger partial charge in [0.2, 0.25) is 0 Å². The van der Waals surface area contributed by atoms with Crippen molar-refractivity contribution in [2.24, 2.45) is 0 Å². The van der Waals surface area contributed by atoms with E-state index in [1.54, 1.807) is 12.1 Å². The van der Waals surface area contributed by atoms with Gasteiger partial charge in [-0.1, -0.05) is 25.1 Å². The minimum absolute atomic E-state index is 0.0956. The number of likely N-dealkylation sites (N-methyl/N-ethyl adjacent to an activating group) is 1. The standard InChI is InChI=1S/C13H18FNO2/c1-2-15-7-13(17-10-8-16-9-10)11-5-3-4-6-12(11)14/h3-6,10,13,15H,2,7-9H2,1H3. The quantitative estimate of drug-likeness (QED) is 0.822. The number of ether oxygens (including phenoxy) is 2. The number of nitrogens with one attached hydrogen (secondary N) is 1. The second kappa shape index (κ2) is 6.10. The summed E-state index contributed by atoms with van der Waals surface area (Å²) >= 11 is 0. The first-order chi connectivity index (χ1) is 8.31. The van der Waals surface area contributed by atoms with Gasteiger partial charge in [0.05, 0.1) is 19.3 Å². The molecule has 1 aromatic carbocycles. The Morgan fingerprint density at radius 3 is 2.82 bits per heavy atom. The van der Waals surface area contributed by atoms with Gasteiger partial charge in [0.25, 0.3) is 0 Å². The van der Waals surface area contributed by atoms with Crippen molar-refractivity contribution in [3.8, 4) is 0 Å². The third-order valence-electron chi connectivity index (χ3n) is 2.80. The zero-order valence-corrected chi connectivity index (χ0v) is 9.99. The second-order valence-corrected chi connectivity index (χ2v) is 4.11. The zero-order valence-electron chi connectivity index (χ0n) is 9.99. The van der Waals surface area contributed by atoms with Crippen molar-refractivity contribution in [2.45, 2.75) is 19.1 Å². The summed E-state index contributed by atoms with van der Waals surface area (Å²) in [5, 5.41) is 3.20. The zero-order chi connectivity index (χ0) is 12.1. The van der Waals surface area contributed by atoms with Crippen LogP contribution >= 0.6 is 0 Å². The monoisotopic (exact) mass is 239 g/mol. The van der Waals surface area contributed by atoms with Gasteiger partial charge in [0, 0.05) is 12.1 Å². The van der Waals surface area contributed by atoms with E-state index in [1.165, 1.54) is 6.07 Å². The largest absolute Gasteiger partial charge is 0.376 e. The molecule has 0 saturated carbocycles. The van der Waals surface area contributed by atoms with Crippen LogP contribution in [0.3, 0.4) is 0 Å². The summed E-state index contributed by atoms with van der Waals surface area (Å²) in [6.07, 6.45) is -0.150. The first-order valence-electron chi connectivity index (χ1n) is 5.99. The van der Waals surface area contributed by atoms with Gasteiger partial charge in [0.15, 0.2) is 0 Å². The van der Waals surface area contributed by atoms with Gasteiger partial charge < -0.3 is 14.8 Å². The average molecular weight is 239 g/mol. The molecule has 0 bridgehead atoms. The topological polar surface area (TPSA) is 30.5 Å². The van der Waals surface area contributed by atoms with E-state index in [0.717, 1.165) is 6.54 Å². The molecular weight excluding hydrogens is 221 g/mol. The maximum absolute atomic E-state index is 13.7. The van der Waals surface area contributed by atoms with Crippen molar-refractivity contribution in [1.29, 1.82) is 0 Å². The van der Waals surface area contributed by atoms with E-state index >= 15 is 0 Å². The fraction of sp³-hybridized carbons (Fsp3) is 0.538. The lowest BCUT2D eigenvalue weighted by atomic mass is 10.1. The highest BCUT2D eigenvalue weighted by Gasteiger charge is 2.25. The van der Waals surface area contributed by atoms with Gasteiger partial charge in [-0.15, -0.1) is 0 Å². The van der Waals surface area contributed by atoms with Crippen LogP contribution in [0.1, 0.15) is 18.6 Å².